The molecule has 6 heteroatoms. The van der Waals surface area contributed by atoms with Crippen molar-refractivity contribution in [2.24, 2.45) is 5.92 Å². The van der Waals surface area contributed by atoms with Crippen molar-refractivity contribution in [1.82, 2.24) is 19.3 Å². The number of hydrogen-bond acceptors (Lipinski definition) is 3. The number of hydrogen-bond donors (Lipinski definition) is 0. The van der Waals surface area contributed by atoms with Crippen molar-refractivity contribution in [3.63, 3.8) is 0 Å². The fourth-order valence-corrected chi connectivity index (χ4v) is 6.09. The minimum atomic E-state index is -0.241. The average molecular weight is 505 g/mol. The van der Waals surface area contributed by atoms with Crippen molar-refractivity contribution in [3.05, 3.63) is 65.6 Å². The summed E-state index contributed by atoms with van der Waals surface area (Å²) in [6, 6.07) is 13.4. The highest BCUT2D eigenvalue weighted by Crippen LogP contribution is 2.36. The molecule has 0 unspecified atom stereocenters. The SMILES string of the molecule is CC(C)CN1CCC(c2cn(-c3ccc(F)cc3)c3cc(C(=O)N4CCN(C(C)C)CC4)ccc23)CC1. The maximum absolute atomic E-state index is 13.7. The van der Waals surface area contributed by atoms with Crippen LogP contribution in [0.5, 0.6) is 0 Å². The number of carbonyl (C=O) groups is 1. The van der Waals surface area contributed by atoms with Gasteiger partial charge in [0.15, 0.2) is 0 Å². The number of nitrogens with zero attached hydrogens (tertiary/aromatic N) is 4. The lowest BCUT2D eigenvalue weighted by molar-refractivity contribution is 0.0595. The summed E-state index contributed by atoms with van der Waals surface area (Å²) in [6.45, 7) is 15.7. The number of carbonyl (C=O) groups excluding carboxylic acids is 1. The molecule has 0 radical (unpaired) electrons. The first kappa shape index (κ1) is 25.9. The summed E-state index contributed by atoms with van der Waals surface area (Å²) in [6.07, 6.45) is 4.50. The Balaban J connectivity index is 1.45. The van der Waals surface area contributed by atoms with Crippen LogP contribution in [0.4, 0.5) is 4.39 Å². The molecular weight excluding hydrogens is 463 g/mol. The van der Waals surface area contributed by atoms with Gasteiger partial charge in [-0.3, -0.25) is 9.69 Å². The monoisotopic (exact) mass is 504 g/mol. The predicted molar refractivity (Wildman–Crippen MR) is 149 cm³/mol. The van der Waals surface area contributed by atoms with E-state index in [9.17, 15) is 9.18 Å². The summed E-state index contributed by atoms with van der Waals surface area (Å²) in [5.74, 6) is 1.02. The second kappa shape index (κ2) is 11.0. The largest absolute Gasteiger partial charge is 0.336 e. The first-order valence-corrected chi connectivity index (χ1v) is 14.0. The molecule has 0 atom stereocenters. The Morgan fingerprint density at radius 1 is 0.919 bits per heavy atom. The fraction of sp³-hybridized carbons (Fsp3) is 0.516. The zero-order chi connectivity index (χ0) is 26.1. The predicted octanol–water partition coefficient (Wildman–Crippen LogP) is 5.77. The molecule has 5 rings (SSSR count). The molecule has 0 spiro atoms. The van der Waals surface area contributed by atoms with E-state index in [1.807, 2.05) is 29.2 Å². The number of halogens is 1. The van der Waals surface area contributed by atoms with Gasteiger partial charge in [-0.1, -0.05) is 19.9 Å². The molecule has 5 nitrogen and oxygen atoms in total. The summed E-state index contributed by atoms with van der Waals surface area (Å²) in [7, 11) is 0. The van der Waals surface area contributed by atoms with Crippen LogP contribution in [0, 0.1) is 11.7 Å². The normalized spacial score (nSPS) is 18.4. The lowest BCUT2D eigenvalue weighted by Crippen LogP contribution is -2.50. The van der Waals surface area contributed by atoms with Crippen molar-refractivity contribution in [2.75, 3.05) is 45.8 Å². The van der Waals surface area contributed by atoms with Crippen LogP contribution in [-0.2, 0) is 0 Å². The van der Waals surface area contributed by atoms with E-state index < -0.39 is 0 Å². The van der Waals surface area contributed by atoms with Crippen molar-refractivity contribution < 1.29 is 9.18 Å². The van der Waals surface area contributed by atoms with E-state index in [-0.39, 0.29) is 11.7 Å². The molecule has 0 N–H and O–H groups in total. The van der Waals surface area contributed by atoms with E-state index in [0.29, 0.717) is 17.9 Å². The zero-order valence-corrected chi connectivity index (χ0v) is 22.8. The Morgan fingerprint density at radius 3 is 2.22 bits per heavy atom. The third-order valence-corrected chi connectivity index (χ3v) is 8.17. The second-order valence-corrected chi connectivity index (χ2v) is 11.6. The van der Waals surface area contributed by atoms with Gasteiger partial charge >= 0.3 is 0 Å². The lowest BCUT2D eigenvalue weighted by atomic mass is 9.88. The maximum atomic E-state index is 13.7. The molecule has 0 aliphatic carbocycles. The van der Waals surface area contributed by atoms with Gasteiger partial charge in [0.2, 0.25) is 0 Å². The van der Waals surface area contributed by atoms with Gasteiger partial charge in [-0.25, -0.2) is 4.39 Å². The molecule has 37 heavy (non-hydrogen) atoms. The molecule has 1 amide bonds. The number of rotatable bonds is 6. The lowest BCUT2D eigenvalue weighted by Gasteiger charge is -2.37. The minimum Gasteiger partial charge on any atom is -0.336 e. The van der Waals surface area contributed by atoms with E-state index in [2.05, 4.69) is 54.3 Å². The van der Waals surface area contributed by atoms with E-state index >= 15 is 0 Å². The molecule has 2 aromatic carbocycles. The van der Waals surface area contributed by atoms with Gasteiger partial charge in [0.05, 0.1) is 5.52 Å². The Kier molecular flexibility index (Phi) is 7.68. The van der Waals surface area contributed by atoms with Crippen molar-refractivity contribution in [3.8, 4) is 5.69 Å². The van der Waals surface area contributed by atoms with Crippen LogP contribution in [0.3, 0.4) is 0 Å². The van der Waals surface area contributed by atoms with Crippen molar-refractivity contribution in [2.45, 2.75) is 52.5 Å². The number of piperazine rings is 1. The van der Waals surface area contributed by atoms with Gasteiger partial charge in [-0.2, -0.15) is 0 Å². The summed E-state index contributed by atoms with van der Waals surface area (Å²) >= 11 is 0. The highest BCUT2D eigenvalue weighted by Gasteiger charge is 2.27. The number of benzene rings is 2. The van der Waals surface area contributed by atoms with Crippen molar-refractivity contribution in [1.29, 1.82) is 0 Å². The molecule has 3 heterocycles. The molecule has 2 fully saturated rings. The number of aromatic nitrogens is 1. The first-order chi connectivity index (χ1) is 17.8. The number of piperidine rings is 1. The molecule has 0 bridgehead atoms. The summed E-state index contributed by atoms with van der Waals surface area (Å²) in [4.78, 5) is 20.5. The second-order valence-electron chi connectivity index (χ2n) is 11.6. The van der Waals surface area contributed by atoms with E-state index in [4.69, 9.17) is 0 Å². The Morgan fingerprint density at radius 2 is 1.59 bits per heavy atom. The average Bonchev–Trinajstić information content (AvgIpc) is 3.28. The molecular formula is C31H41FN4O. The molecule has 2 saturated heterocycles. The molecule has 3 aromatic rings. The highest BCUT2D eigenvalue weighted by atomic mass is 19.1. The van der Waals surface area contributed by atoms with Gasteiger partial charge in [0.1, 0.15) is 5.82 Å². The van der Waals surface area contributed by atoms with Gasteiger partial charge in [-0.15, -0.1) is 0 Å². The minimum absolute atomic E-state index is 0.0979. The smallest absolute Gasteiger partial charge is 0.254 e. The van der Waals surface area contributed by atoms with Crippen LogP contribution in [0.2, 0.25) is 0 Å². The molecule has 198 valence electrons. The van der Waals surface area contributed by atoms with Crippen LogP contribution in [0.1, 0.15) is 62.4 Å². The van der Waals surface area contributed by atoms with Gasteiger partial charge < -0.3 is 14.4 Å². The van der Waals surface area contributed by atoms with Gasteiger partial charge in [0.25, 0.3) is 5.91 Å². The van der Waals surface area contributed by atoms with E-state index in [0.717, 1.165) is 75.4 Å². The molecule has 2 aliphatic heterocycles. The van der Waals surface area contributed by atoms with Gasteiger partial charge in [-0.05, 0) is 93.6 Å². The standard InChI is InChI=1S/C31H41FN4O/c1-22(2)20-33-13-11-24(12-14-33)29-21-36(27-8-6-26(32)7-9-27)30-19-25(5-10-28(29)30)31(37)35-17-15-34(16-18-35)23(3)4/h5-10,19,21-24H,11-18,20H2,1-4H3. The molecule has 2 aliphatic rings. The summed E-state index contributed by atoms with van der Waals surface area (Å²) in [5.41, 5.74) is 4.02. The van der Waals surface area contributed by atoms with Crippen LogP contribution < -0.4 is 0 Å². The third kappa shape index (κ3) is 5.60. The quantitative estimate of drug-likeness (QED) is 0.427. The van der Waals surface area contributed by atoms with Gasteiger partial charge in [0, 0.05) is 61.6 Å². The van der Waals surface area contributed by atoms with E-state index in [1.54, 1.807) is 0 Å². The number of likely N-dealkylation sites (tertiary alicyclic amines) is 1. The van der Waals surface area contributed by atoms with Crippen LogP contribution in [0.25, 0.3) is 16.6 Å². The number of amides is 1. The first-order valence-electron chi connectivity index (χ1n) is 14.0. The Hall–Kier alpha value is -2.70. The van der Waals surface area contributed by atoms with Crippen molar-refractivity contribution >= 4 is 16.8 Å². The number of fused-ring (bicyclic) bond motifs is 1. The maximum Gasteiger partial charge on any atom is 0.254 e. The molecule has 0 saturated carbocycles. The summed E-state index contributed by atoms with van der Waals surface area (Å²) < 4.78 is 15.9. The van der Waals surface area contributed by atoms with E-state index in [1.165, 1.54) is 23.1 Å². The summed E-state index contributed by atoms with van der Waals surface area (Å²) in [5, 5.41) is 1.20. The van der Waals surface area contributed by atoms with Crippen LogP contribution in [-0.4, -0.2) is 77.0 Å². The molecule has 1 aromatic heterocycles. The van der Waals surface area contributed by atoms with Crippen LogP contribution in [0.15, 0.2) is 48.7 Å². The Bertz CT molecular complexity index is 1220. The Labute approximate surface area is 220 Å². The fourth-order valence-electron chi connectivity index (χ4n) is 6.09. The third-order valence-electron chi connectivity index (χ3n) is 8.17. The highest BCUT2D eigenvalue weighted by molar-refractivity contribution is 5.99. The zero-order valence-electron chi connectivity index (χ0n) is 22.8. The van der Waals surface area contributed by atoms with Crippen LogP contribution >= 0.6 is 0 Å². The topological polar surface area (TPSA) is 31.7 Å².